The molecule has 154 valence electrons. The van der Waals surface area contributed by atoms with E-state index in [4.69, 9.17) is 10.5 Å². The van der Waals surface area contributed by atoms with Gasteiger partial charge in [0.05, 0.1) is 6.61 Å². The van der Waals surface area contributed by atoms with Crippen molar-refractivity contribution in [1.82, 2.24) is 4.98 Å². The summed E-state index contributed by atoms with van der Waals surface area (Å²) >= 11 is 3.21. The predicted octanol–water partition coefficient (Wildman–Crippen LogP) is 3.77. The van der Waals surface area contributed by atoms with Gasteiger partial charge in [-0.25, -0.2) is 9.37 Å². The Morgan fingerprint density at radius 1 is 1.34 bits per heavy atom. The zero-order valence-electron chi connectivity index (χ0n) is 14.9. The molecule has 29 heavy (non-hydrogen) atoms. The number of anilines is 1. The molecule has 0 bridgehead atoms. The number of carbonyl (C=O) groups excluding carboxylic acids is 1. The first-order chi connectivity index (χ1) is 13.5. The smallest absolute Gasteiger partial charge is 0.385 e. The molecule has 6 nitrogen and oxygen atoms in total. The fourth-order valence-electron chi connectivity index (χ4n) is 2.83. The molecule has 0 fully saturated rings. The lowest BCUT2D eigenvalue weighted by atomic mass is 9.91. The van der Waals surface area contributed by atoms with E-state index in [1.165, 1.54) is 31.3 Å². The molecule has 1 aliphatic rings. The Morgan fingerprint density at radius 2 is 2.07 bits per heavy atom. The maximum absolute atomic E-state index is 14.4. The van der Waals surface area contributed by atoms with Crippen molar-refractivity contribution in [1.29, 1.82) is 0 Å². The van der Waals surface area contributed by atoms with E-state index in [1.54, 1.807) is 6.07 Å². The molecule has 0 radical (unpaired) electrons. The van der Waals surface area contributed by atoms with Gasteiger partial charge in [0.2, 0.25) is 6.10 Å². The van der Waals surface area contributed by atoms with Crippen molar-refractivity contribution in [3.05, 3.63) is 58.1 Å². The van der Waals surface area contributed by atoms with Gasteiger partial charge in [0.25, 0.3) is 5.91 Å². The Labute approximate surface area is 171 Å². The van der Waals surface area contributed by atoms with E-state index in [0.717, 1.165) is 6.07 Å². The van der Waals surface area contributed by atoms with Crippen LogP contribution < -0.4 is 11.1 Å². The maximum atomic E-state index is 14.4. The van der Waals surface area contributed by atoms with Crippen molar-refractivity contribution in [3.63, 3.8) is 0 Å². The number of aromatic nitrogens is 1. The van der Waals surface area contributed by atoms with E-state index in [2.05, 4.69) is 31.2 Å². The first-order valence-electron chi connectivity index (χ1n) is 8.26. The summed E-state index contributed by atoms with van der Waals surface area (Å²) in [5.74, 6) is -2.06. The number of rotatable bonds is 3. The topological polar surface area (TPSA) is 89.6 Å². The highest BCUT2D eigenvalue weighted by Crippen LogP contribution is 2.36. The average molecular weight is 475 g/mol. The molecule has 0 saturated heterocycles. The van der Waals surface area contributed by atoms with Crippen LogP contribution in [0.15, 0.2) is 46.0 Å². The van der Waals surface area contributed by atoms with Gasteiger partial charge >= 0.3 is 6.18 Å². The van der Waals surface area contributed by atoms with Crippen LogP contribution in [0.5, 0.6) is 0 Å². The molecular formula is C18H15BrF4N4O2. The van der Waals surface area contributed by atoms with Gasteiger partial charge < -0.3 is 15.8 Å². The number of nitrogens with one attached hydrogen (secondary N) is 1. The van der Waals surface area contributed by atoms with Crippen LogP contribution in [-0.4, -0.2) is 35.6 Å². The van der Waals surface area contributed by atoms with Gasteiger partial charge in [0.15, 0.2) is 0 Å². The maximum Gasteiger partial charge on any atom is 0.421 e. The molecule has 3 rings (SSSR count). The summed E-state index contributed by atoms with van der Waals surface area (Å²) in [4.78, 5) is 20.1. The minimum atomic E-state index is -4.72. The van der Waals surface area contributed by atoms with E-state index in [-0.39, 0.29) is 16.9 Å². The number of nitrogens with zero attached hydrogens (tertiary/aromatic N) is 2. The van der Waals surface area contributed by atoms with E-state index < -0.39 is 42.0 Å². The Balaban J connectivity index is 1.88. The fraction of sp³-hybridized carbons (Fsp3) is 0.278. The van der Waals surface area contributed by atoms with Crippen LogP contribution in [0.2, 0.25) is 0 Å². The Kier molecular flexibility index (Phi) is 5.63. The van der Waals surface area contributed by atoms with E-state index in [9.17, 15) is 22.4 Å². The molecule has 2 atom stereocenters. The van der Waals surface area contributed by atoms with Crippen molar-refractivity contribution in [2.24, 2.45) is 10.7 Å². The SMILES string of the molecule is C[C@@]1(c2cc(NC(=O)c3ccc(Br)cn3)ccc2F)CO[C@@H](C(F)(F)F)C(N)=N1. The highest BCUT2D eigenvalue weighted by atomic mass is 79.9. The number of amides is 1. The Bertz CT molecular complexity index is 965. The van der Waals surface area contributed by atoms with Crippen LogP contribution in [0.1, 0.15) is 23.0 Å². The molecule has 11 heteroatoms. The Hall–Kier alpha value is -2.53. The summed E-state index contributed by atoms with van der Waals surface area (Å²) in [6, 6.07) is 6.79. The van der Waals surface area contributed by atoms with E-state index >= 15 is 0 Å². The van der Waals surface area contributed by atoms with Crippen LogP contribution in [0.4, 0.5) is 23.2 Å². The standard InChI is InChI=1S/C18H15BrF4N4O2/c1-17(8-29-14(15(24)27-17)18(21,22)23)11-6-10(3-4-12(11)20)26-16(28)13-5-2-9(19)7-25-13/h2-7,14H,8H2,1H3,(H2,24,27)(H,26,28)/t14-,17+/m1/s1. The summed E-state index contributed by atoms with van der Waals surface area (Å²) in [6.07, 6.45) is -5.62. The summed E-state index contributed by atoms with van der Waals surface area (Å²) in [5, 5.41) is 2.56. The van der Waals surface area contributed by atoms with Crippen LogP contribution in [-0.2, 0) is 10.3 Å². The van der Waals surface area contributed by atoms with Crippen molar-refractivity contribution in [3.8, 4) is 0 Å². The van der Waals surface area contributed by atoms with Gasteiger partial charge in [-0.1, -0.05) is 0 Å². The minimum absolute atomic E-state index is 0.0670. The van der Waals surface area contributed by atoms with Gasteiger partial charge in [-0.15, -0.1) is 0 Å². The molecule has 1 aromatic carbocycles. The summed E-state index contributed by atoms with van der Waals surface area (Å²) in [6.45, 7) is 0.854. The quantitative estimate of drug-likeness (QED) is 0.662. The number of benzene rings is 1. The van der Waals surface area contributed by atoms with Crippen LogP contribution in [0, 0.1) is 5.82 Å². The second-order valence-corrected chi connectivity index (χ2v) is 7.47. The number of carbonyl (C=O) groups is 1. The summed E-state index contributed by atoms with van der Waals surface area (Å²) in [7, 11) is 0. The molecule has 0 unspecified atom stereocenters. The molecular weight excluding hydrogens is 460 g/mol. The van der Waals surface area contributed by atoms with E-state index in [1.807, 2.05) is 0 Å². The van der Waals surface area contributed by atoms with Crippen LogP contribution in [0.3, 0.4) is 0 Å². The molecule has 1 aromatic heterocycles. The number of nitrogens with two attached hydrogens (primary N) is 1. The third-order valence-corrected chi connectivity index (χ3v) is 4.71. The van der Waals surface area contributed by atoms with Crippen LogP contribution >= 0.6 is 15.9 Å². The first-order valence-corrected chi connectivity index (χ1v) is 9.05. The largest absolute Gasteiger partial charge is 0.421 e. The molecule has 0 aliphatic carbocycles. The van der Waals surface area contributed by atoms with E-state index in [0.29, 0.717) is 4.47 Å². The molecule has 0 spiro atoms. The molecule has 1 amide bonds. The molecule has 3 N–H and O–H groups in total. The number of hydrogen-bond donors (Lipinski definition) is 2. The number of ether oxygens (including phenoxy) is 1. The van der Waals surface area contributed by atoms with Crippen molar-refractivity contribution in [2.45, 2.75) is 24.7 Å². The Morgan fingerprint density at radius 3 is 2.66 bits per heavy atom. The van der Waals surface area contributed by atoms with Crippen molar-refractivity contribution in [2.75, 3.05) is 11.9 Å². The number of amidine groups is 1. The lowest BCUT2D eigenvalue weighted by molar-refractivity contribution is -0.204. The van der Waals surface area contributed by atoms with Gasteiger partial charge in [-0.05, 0) is 53.2 Å². The third-order valence-electron chi connectivity index (χ3n) is 4.24. The van der Waals surface area contributed by atoms with Crippen LogP contribution in [0.25, 0.3) is 0 Å². The predicted molar refractivity (Wildman–Crippen MR) is 101 cm³/mol. The highest BCUT2D eigenvalue weighted by molar-refractivity contribution is 9.10. The fourth-order valence-corrected chi connectivity index (χ4v) is 3.06. The lowest BCUT2D eigenvalue weighted by Gasteiger charge is -2.35. The summed E-state index contributed by atoms with van der Waals surface area (Å²) in [5.41, 5.74) is 4.21. The average Bonchev–Trinajstić information content (AvgIpc) is 2.62. The third kappa shape index (κ3) is 4.56. The zero-order valence-corrected chi connectivity index (χ0v) is 16.5. The number of halogens is 5. The normalized spacial score (nSPS) is 22.1. The molecule has 0 saturated carbocycles. The number of hydrogen-bond acceptors (Lipinski definition) is 5. The van der Waals surface area contributed by atoms with Gasteiger partial charge in [-0.3, -0.25) is 9.79 Å². The number of aliphatic imine (C=N–C) groups is 1. The molecule has 2 heterocycles. The number of pyridine rings is 1. The van der Waals surface area contributed by atoms with Crippen molar-refractivity contribution < 1.29 is 27.1 Å². The number of alkyl halides is 3. The minimum Gasteiger partial charge on any atom is -0.385 e. The molecule has 2 aromatic rings. The first kappa shape index (κ1) is 21.2. The second kappa shape index (κ2) is 7.71. The lowest BCUT2D eigenvalue weighted by Crippen LogP contribution is -2.50. The monoisotopic (exact) mass is 474 g/mol. The zero-order chi connectivity index (χ0) is 21.4. The second-order valence-electron chi connectivity index (χ2n) is 6.55. The van der Waals surface area contributed by atoms with Gasteiger partial charge in [0, 0.05) is 21.9 Å². The highest BCUT2D eigenvalue weighted by Gasteiger charge is 2.48. The van der Waals surface area contributed by atoms with Gasteiger partial charge in [0.1, 0.15) is 22.9 Å². The summed E-state index contributed by atoms with van der Waals surface area (Å²) < 4.78 is 58.7. The van der Waals surface area contributed by atoms with Gasteiger partial charge in [-0.2, -0.15) is 13.2 Å². The van der Waals surface area contributed by atoms with Crippen molar-refractivity contribution >= 4 is 33.4 Å². The molecule has 1 aliphatic heterocycles.